The molecule has 0 amide bonds. The number of benzene rings is 1. The largest absolute Gasteiger partial charge is 0.114 e. The van der Waals surface area contributed by atoms with Gasteiger partial charge in [-0.3, -0.25) is 0 Å². The molecule has 0 aromatic heterocycles. The summed E-state index contributed by atoms with van der Waals surface area (Å²) in [4.78, 5) is 0. The van der Waals surface area contributed by atoms with Gasteiger partial charge in [0.25, 0.3) is 0 Å². The monoisotopic (exact) mass is 388 g/mol. The average molecular weight is 391 g/mol. The summed E-state index contributed by atoms with van der Waals surface area (Å²) in [6.45, 7) is 2.24. The lowest BCUT2D eigenvalue weighted by atomic mass is 10.1. The van der Waals surface area contributed by atoms with Gasteiger partial charge in [-0.25, -0.2) is 0 Å². The van der Waals surface area contributed by atoms with Crippen LogP contribution in [-0.2, 0) is 6.42 Å². The van der Waals surface area contributed by atoms with Crippen LogP contribution in [0, 0.1) is 0 Å². The lowest BCUT2D eigenvalue weighted by molar-refractivity contribution is 0.717. The van der Waals surface area contributed by atoms with Crippen LogP contribution in [0.4, 0.5) is 0 Å². The van der Waals surface area contributed by atoms with Crippen molar-refractivity contribution in [3.8, 4) is 0 Å². The first-order chi connectivity index (χ1) is 5.43. The van der Waals surface area contributed by atoms with E-state index in [1.165, 1.54) is 31.2 Å². The number of hydrogen-bond acceptors (Lipinski definition) is 0. The zero-order valence-electron chi connectivity index (χ0n) is 8.44. The van der Waals surface area contributed by atoms with Gasteiger partial charge in [-0.2, -0.15) is 0 Å². The van der Waals surface area contributed by atoms with Crippen LogP contribution in [0.25, 0.3) is 0 Å². The second-order valence-electron chi connectivity index (χ2n) is 2.94. The molecule has 0 aliphatic carbocycles. The van der Waals surface area contributed by atoms with Crippen LogP contribution >= 0.6 is 50.9 Å². The summed E-state index contributed by atoms with van der Waals surface area (Å²) < 4.78 is 0. The lowest BCUT2D eigenvalue weighted by Gasteiger charge is -1.98. The fraction of sp³-hybridized carbons (Fsp3) is 0.455. The minimum atomic E-state index is 0. The first-order valence-corrected chi connectivity index (χ1v) is 4.47. The molecule has 0 fully saturated rings. The Balaban J connectivity index is -0.000000403. The molecule has 0 atom stereocenters. The summed E-state index contributed by atoms with van der Waals surface area (Å²) in [7, 11) is 0. The molecule has 14 heavy (non-hydrogen) atoms. The van der Waals surface area contributed by atoms with Crippen molar-refractivity contribution in [2.24, 2.45) is 0 Å². The highest BCUT2D eigenvalue weighted by Gasteiger charge is 1.89. The molecule has 3 heteroatoms. The van der Waals surface area contributed by atoms with E-state index in [1.807, 2.05) is 0 Å². The Morgan fingerprint density at radius 2 is 1.43 bits per heavy atom. The molecule has 1 aromatic carbocycles. The van der Waals surface area contributed by atoms with E-state index in [2.05, 4.69) is 37.3 Å². The molecule has 0 N–H and O–H groups in total. The second kappa shape index (κ2) is 13.7. The Hall–Kier alpha value is 0.660. The van der Waals surface area contributed by atoms with Crippen molar-refractivity contribution in [1.29, 1.82) is 0 Å². The Morgan fingerprint density at radius 1 is 0.857 bits per heavy atom. The minimum absolute atomic E-state index is 0. The van der Waals surface area contributed by atoms with E-state index in [1.54, 1.807) is 0 Å². The van der Waals surface area contributed by atoms with E-state index in [0.717, 1.165) is 0 Å². The van der Waals surface area contributed by atoms with E-state index in [0.29, 0.717) is 0 Å². The number of rotatable bonds is 4. The third kappa shape index (κ3) is 9.22. The van der Waals surface area contributed by atoms with Gasteiger partial charge >= 0.3 is 0 Å². The Bertz CT molecular complexity index is 187. The van der Waals surface area contributed by atoms with Crippen LogP contribution in [-0.4, -0.2) is 0 Å². The molecule has 84 valence electrons. The highest BCUT2D eigenvalue weighted by Crippen LogP contribution is 2.05. The van der Waals surface area contributed by atoms with Gasteiger partial charge < -0.3 is 0 Å². The molecular weight excluding hydrogens is 372 g/mol. The summed E-state index contributed by atoms with van der Waals surface area (Å²) in [6.07, 6.45) is 5.25. The molecule has 0 aliphatic rings. The van der Waals surface area contributed by atoms with E-state index in [4.69, 9.17) is 0 Å². The van der Waals surface area contributed by atoms with Crippen LogP contribution in [0.15, 0.2) is 30.3 Å². The Labute approximate surface area is 119 Å². The summed E-state index contributed by atoms with van der Waals surface area (Å²) >= 11 is 0. The van der Waals surface area contributed by atoms with E-state index >= 15 is 0 Å². The highest BCUT2D eigenvalue weighted by molar-refractivity contribution is 8.93. The normalized spacial score (nSPS) is 7.79. The molecule has 0 saturated carbocycles. The smallest absolute Gasteiger partial charge is 0.0279 e. The maximum atomic E-state index is 2.24. The van der Waals surface area contributed by atoms with Gasteiger partial charge in [0.1, 0.15) is 0 Å². The molecule has 1 aromatic rings. The van der Waals surface area contributed by atoms with Crippen LogP contribution in [0.3, 0.4) is 0 Å². The molecule has 0 radical (unpaired) electrons. The Morgan fingerprint density at radius 3 is 1.93 bits per heavy atom. The third-order valence-corrected chi connectivity index (χ3v) is 1.91. The SMILES string of the molecule is Br.Br.Br.CCCCCc1ccccc1. The minimum Gasteiger partial charge on any atom is -0.114 e. The summed E-state index contributed by atoms with van der Waals surface area (Å²) in [5.74, 6) is 0. The highest BCUT2D eigenvalue weighted by atomic mass is 79.9. The van der Waals surface area contributed by atoms with Gasteiger partial charge in [0.2, 0.25) is 0 Å². The van der Waals surface area contributed by atoms with E-state index in [9.17, 15) is 0 Å². The molecule has 0 nitrogen and oxygen atoms in total. The molecule has 0 bridgehead atoms. The maximum absolute atomic E-state index is 2.24. The number of unbranched alkanes of at least 4 members (excludes halogenated alkanes) is 2. The van der Waals surface area contributed by atoms with Gasteiger partial charge in [-0.1, -0.05) is 50.1 Å². The molecule has 0 spiro atoms. The van der Waals surface area contributed by atoms with Crippen molar-refractivity contribution in [2.75, 3.05) is 0 Å². The molecule has 0 saturated heterocycles. The van der Waals surface area contributed by atoms with Crippen LogP contribution in [0.2, 0.25) is 0 Å². The van der Waals surface area contributed by atoms with Crippen molar-refractivity contribution in [2.45, 2.75) is 32.6 Å². The van der Waals surface area contributed by atoms with Crippen LogP contribution in [0.5, 0.6) is 0 Å². The summed E-state index contributed by atoms with van der Waals surface area (Å²) in [5.41, 5.74) is 1.47. The van der Waals surface area contributed by atoms with Gasteiger partial charge in [-0.05, 0) is 18.4 Å². The van der Waals surface area contributed by atoms with E-state index in [-0.39, 0.29) is 50.9 Å². The number of halogens is 3. The average Bonchev–Trinajstić information content (AvgIpc) is 2.07. The second-order valence-corrected chi connectivity index (χ2v) is 2.94. The van der Waals surface area contributed by atoms with Crippen molar-refractivity contribution in [1.82, 2.24) is 0 Å². The molecule has 0 aliphatic heterocycles. The molecule has 1 rings (SSSR count). The topological polar surface area (TPSA) is 0 Å². The lowest BCUT2D eigenvalue weighted by Crippen LogP contribution is -1.83. The molecule has 0 heterocycles. The Kier molecular flexibility index (Phi) is 19.6. The van der Waals surface area contributed by atoms with Gasteiger partial charge in [-0.15, -0.1) is 50.9 Å². The molecular formula is C11H19Br3. The zero-order valence-corrected chi connectivity index (χ0v) is 13.6. The quantitative estimate of drug-likeness (QED) is 0.623. The number of aryl methyl sites for hydroxylation is 1. The summed E-state index contributed by atoms with van der Waals surface area (Å²) in [6, 6.07) is 10.7. The molecule has 0 unspecified atom stereocenters. The summed E-state index contributed by atoms with van der Waals surface area (Å²) in [5, 5.41) is 0. The standard InChI is InChI=1S/C11H16.3BrH/c1-2-3-5-8-11-9-6-4-7-10-11;;;/h4,6-7,9-10H,2-3,5,8H2,1H3;3*1H. The predicted molar refractivity (Wildman–Crippen MR) is 80.6 cm³/mol. The first kappa shape index (κ1) is 20.1. The third-order valence-electron chi connectivity index (χ3n) is 1.91. The van der Waals surface area contributed by atoms with Gasteiger partial charge in [0, 0.05) is 0 Å². The zero-order chi connectivity index (χ0) is 7.94. The van der Waals surface area contributed by atoms with Gasteiger partial charge in [0.05, 0.1) is 0 Å². The van der Waals surface area contributed by atoms with Crippen LogP contribution in [0.1, 0.15) is 31.7 Å². The fourth-order valence-corrected chi connectivity index (χ4v) is 1.22. The van der Waals surface area contributed by atoms with Gasteiger partial charge in [0.15, 0.2) is 0 Å². The fourth-order valence-electron chi connectivity index (χ4n) is 1.22. The number of hydrogen-bond donors (Lipinski definition) is 0. The first-order valence-electron chi connectivity index (χ1n) is 4.47. The van der Waals surface area contributed by atoms with Crippen molar-refractivity contribution < 1.29 is 0 Å². The van der Waals surface area contributed by atoms with E-state index < -0.39 is 0 Å². The van der Waals surface area contributed by atoms with Crippen molar-refractivity contribution >= 4 is 50.9 Å². The van der Waals surface area contributed by atoms with Crippen LogP contribution < -0.4 is 0 Å². The maximum Gasteiger partial charge on any atom is -0.0279 e. The van der Waals surface area contributed by atoms with Crippen molar-refractivity contribution in [3.05, 3.63) is 35.9 Å². The van der Waals surface area contributed by atoms with Crippen molar-refractivity contribution in [3.63, 3.8) is 0 Å². The predicted octanol–water partition coefficient (Wildman–Crippen LogP) is 5.15.